The fourth-order valence-corrected chi connectivity index (χ4v) is 4.36. The predicted molar refractivity (Wildman–Crippen MR) is 85.0 cm³/mol. The largest absolute Gasteiger partial charge is 0.297 e. The van der Waals surface area contributed by atoms with Crippen LogP contribution in [-0.4, -0.2) is 10.9 Å². The van der Waals surface area contributed by atoms with Crippen LogP contribution in [0.2, 0.25) is 0 Å². The first-order valence-corrected chi connectivity index (χ1v) is 8.77. The number of rotatable bonds is 2. The normalized spacial score (nSPS) is 15.2. The van der Waals surface area contributed by atoms with Gasteiger partial charge in [-0.3, -0.25) is 10.1 Å². The molecule has 3 nitrogen and oxygen atoms in total. The topological polar surface area (TPSA) is 42.0 Å². The quantitative estimate of drug-likeness (QED) is 0.892. The maximum Gasteiger partial charge on any atom is 0.267 e. The van der Waals surface area contributed by atoms with Crippen molar-refractivity contribution in [3.63, 3.8) is 0 Å². The number of amides is 1. The van der Waals surface area contributed by atoms with Crippen LogP contribution >= 0.6 is 22.7 Å². The number of nitrogens with one attached hydrogen (secondary N) is 1. The van der Waals surface area contributed by atoms with Gasteiger partial charge in [0.2, 0.25) is 0 Å². The van der Waals surface area contributed by atoms with E-state index in [1.807, 2.05) is 12.3 Å². The summed E-state index contributed by atoms with van der Waals surface area (Å²) in [6.45, 7) is 1.93. The van der Waals surface area contributed by atoms with Crippen LogP contribution in [0.15, 0.2) is 11.4 Å². The first-order chi connectivity index (χ1) is 9.72. The van der Waals surface area contributed by atoms with Crippen LogP contribution in [0, 0.1) is 6.92 Å². The smallest absolute Gasteiger partial charge is 0.267 e. The lowest BCUT2D eigenvalue weighted by molar-refractivity contribution is 0.103. The summed E-state index contributed by atoms with van der Waals surface area (Å²) < 4.78 is 0. The maximum absolute atomic E-state index is 12.3. The second kappa shape index (κ2) is 6.06. The van der Waals surface area contributed by atoms with Crippen molar-refractivity contribution in [1.29, 1.82) is 0 Å². The van der Waals surface area contributed by atoms with Crippen molar-refractivity contribution >= 4 is 33.7 Å². The number of hydrogen-bond donors (Lipinski definition) is 1. The van der Waals surface area contributed by atoms with E-state index >= 15 is 0 Å². The fraction of sp³-hybridized carbons (Fsp3) is 0.467. The summed E-state index contributed by atoms with van der Waals surface area (Å²) in [6, 6.07) is 2.08. The molecule has 3 rings (SSSR count). The van der Waals surface area contributed by atoms with Crippen molar-refractivity contribution in [2.75, 3.05) is 5.32 Å². The summed E-state index contributed by atoms with van der Waals surface area (Å²) in [5.74, 6) is -0.0175. The van der Waals surface area contributed by atoms with Crippen LogP contribution in [0.25, 0.3) is 0 Å². The summed E-state index contributed by atoms with van der Waals surface area (Å²) >= 11 is 3.13. The van der Waals surface area contributed by atoms with E-state index in [0.29, 0.717) is 5.13 Å². The lowest BCUT2D eigenvalue weighted by Gasteiger charge is -2.07. The minimum Gasteiger partial charge on any atom is -0.297 e. The summed E-state index contributed by atoms with van der Waals surface area (Å²) in [6.07, 6.45) is 7.38. The van der Waals surface area contributed by atoms with Crippen molar-refractivity contribution in [3.05, 3.63) is 32.5 Å². The van der Waals surface area contributed by atoms with Gasteiger partial charge in [-0.1, -0.05) is 12.8 Å². The van der Waals surface area contributed by atoms with Crippen LogP contribution in [0.3, 0.4) is 0 Å². The lowest BCUT2D eigenvalue weighted by atomic mass is 10.00. The Hall–Kier alpha value is -1.20. The minimum absolute atomic E-state index is 0.0175. The first kappa shape index (κ1) is 13.8. The Bertz CT molecular complexity index is 590. The average Bonchev–Trinajstić information content (AvgIpc) is 2.96. The van der Waals surface area contributed by atoms with Gasteiger partial charge in [0.15, 0.2) is 5.13 Å². The number of fused-ring (bicyclic) bond motifs is 1. The van der Waals surface area contributed by atoms with Crippen molar-refractivity contribution in [2.24, 2.45) is 0 Å². The number of aryl methyl sites for hydroxylation is 3. The summed E-state index contributed by atoms with van der Waals surface area (Å²) in [5, 5.41) is 5.53. The SMILES string of the molecule is Cc1csc(NC(=O)c2cc3c(s2)CCCCCC3)n1. The Morgan fingerprint density at radius 1 is 1.25 bits per heavy atom. The lowest BCUT2D eigenvalue weighted by Crippen LogP contribution is -2.09. The van der Waals surface area contributed by atoms with E-state index in [4.69, 9.17) is 0 Å². The molecular formula is C15H18N2OS2. The third-order valence-corrected chi connectivity index (χ3v) is 5.67. The van der Waals surface area contributed by atoms with E-state index in [9.17, 15) is 4.79 Å². The average molecular weight is 306 g/mol. The number of aromatic nitrogens is 1. The molecule has 0 unspecified atom stereocenters. The molecule has 0 atom stereocenters. The van der Waals surface area contributed by atoms with Gasteiger partial charge in [-0.15, -0.1) is 22.7 Å². The Labute approximate surface area is 127 Å². The second-order valence-electron chi connectivity index (χ2n) is 5.22. The van der Waals surface area contributed by atoms with Crippen LogP contribution in [0.5, 0.6) is 0 Å². The van der Waals surface area contributed by atoms with Crippen LogP contribution < -0.4 is 5.32 Å². The molecule has 0 bridgehead atoms. The highest BCUT2D eigenvalue weighted by atomic mass is 32.1. The van der Waals surface area contributed by atoms with Crippen LogP contribution in [0.4, 0.5) is 5.13 Å². The molecule has 0 saturated heterocycles. The molecule has 5 heteroatoms. The molecule has 0 aromatic carbocycles. The van der Waals surface area contributed by atoms with Crippen molar-refractivity contribution in [1.82, 2.24) is 4.98 Å². The van der Waals surface area contributed by atoms with Gasteiger partial charge in [-0.2, -0.15) is 0 Å². The summed E-state index contributed by atoms with van der Waals surface area (Å²) in [7, 11) is 0. The molecule has 0 saturated carbocycles. The molecule has 1 aliphatic carbocycles. The van der Waals surface area contributed by atoms with Crippen molar-refractivity contribution < 1.29 is 4.79 Å². The molecule has 0 fully saturated rings. The molecule has 0 spiro atoms. The van der Waals surface area contributed by atoms with Gasteiger partial charge in [0.05, 0.1) is 10.6 Å². The molecule has 106 valence electrons. The van der Waals surface area contributed by atoms with E-state index in [2.05, 4.69) is 16.4 Å². The third kappa shape index (κ3) is 3.10. The van der Waals surface area contributed by atoms with Gasteiger partial charge in [-0.25, -0.2) is 4.98 Å². The Kier molecular flexibility index (Phi) is 4.17. The number of carbonyl (C=O) groups is 1. The fourth-order valence-electron chi connectivity index (χ4n) is 2.53. The van der Waals surface area contributed by atoms with Gasteiger partial charge in [0.25, 0.3) is 5.91 Å². The van der Waals surface area contributed by atoms with Crippen LogP contribution in [0.1, 0.15) is 51.5 Å². The van der Waals surface area contributed by atoms with Gasteiger partial charge in [0.1, 0.15) is 0 Å². The minimum atomic E-state index is -0.0175. The molecule has 1 aliphatic rings. The predicted octanol–water partition coefficient (Wildman–Crippen LogP) is 4.42. The number of hydrogen-bond acceptors (Lipinski definition) is 4. The molecular weight excluding hydrogens is 288 g/mol. The molecule has 1 amide bonds. The number of thiazole rings is 1. The van der Waals surface area contributed by atoms with E-state index in [-0.39, 0.29) is 5.91 Å². The first-order valence-electron chi connectivity index (χ1n) is 7.07. The second-order valence-corrected chi connectivity index (χ2v) is 7.22. The van der Waals surface area contributed by atoms with Gasteiger partial charge >= 0.3 is 0 Å². The van der Waals surface area contributed by atoms with Crippen LogP contribution in [-0.2, 0) is 12.8 Å². The molecule has 1 N–H and O–H groups in total. The maximum atomic E-state index is 12.3. The highest BCUT2D eigenvalue weighted by Crippen LogP contribution is 2.29. The number of carbonyl (C=O) groups excluding carboxylic acids is 1. The summed E-state index contributed by atoms with van der Waals surface area (Å²) in [4.78, 5) is 18.8. The Morgan fingerprint density at radius 2 is 2.05 bits per heavy atom. The van der Waals surface area contributed by atoms with Crippen molar-refractivity contribution in [3.8, 4) is 0 Å². The highest BCUT2D eigenvalue weighted by Gasteiger charge is 2.16. The number of nitrogens with zero attached hydrogens (tertiary/aromatic N) is 1. The van der Waals surface area contributed by atoms with Gasteiger partial charge < -0.3 is 0 Å². The zero-order chi connectivity index (χ0) is 13.9. The van der Waals surface area contributed by atoms with Gasteiger partial charge in [-0.05, 0) is 44.2 Å². The molecule has 2 aromatic rings. The van der Waals surface area contributed by atoms with E-state index in [1.165, 1.54) is 47.5 Å². The monoisotopic (exact) mass is 306 g/mol. The molecule has 2 heterocycles. The standard InChI is InChI=1S/C15H18N2OS2/c1-10-9-19-15(16-10)17-14(18)13-8-11-6-4-2-3-5-7-12(11)20-13/h8-9H,2-7H2,1H3,(H,16,17,18). The Morgan fingerprint density at radius 3 is 2.80 bits per heavy atom. The third-order valence-electron chi connectivity index (χ3n) is 3.56. The molecule has 2 aromatic heterocycles. The van der Waals surface area contributed by atoms with E-state index in [1.54, 1.807) is 11.3 Å². The highest BCUT2D eigenvalue weighted by molar-refractivity contribution is 7.15. The number of thiophene rings is 1. The van der Waals surface area contributed by atoms with E-state index in [0.717, 1.165) is 23.4 Å². The van der Waals surface area contributed by atoms with E-state index < -0.39 is 0 Å². The molecule has 0 aliphatic heterocycles. The zero-order valence-corrected chi connectivity index (χ0v) is 13.2. The number of anilines is 1. The van der Waals surface area contributed by atoms with Gasteiger partial charge in [0, 0.05) is 10.3 Å². The zero-order valence-electron chi connectivity index (χ0n) is 11.6. The molecule has 0 radical (unpaired) electrons. The van der Waals surface area contributed by atoms with Crippen molar-refractivity contribution in [2.45, 2.75) is 45.4 Å². The Balaban J connectivity index is 1.76. The summed E-state index contributed by atoms with van der Waals surface area (Å²) in [5.41, 5.74) is 2.33. The molecule has 20 heavy (non-hydrogen) atoms.